The van der Waals surface area contributed by atoms with Gasteiger partial charge in [-0.1, -0.05) is 0 Å². The molecule has 0 atom stereocenters. The fourth-order valence-corrected chi connectivity index (χ4v) is 3.47. The molecule has 0 fully saturated rings. The molecule has 2 aromatic heterocycles. The Morgan fingerprint density at radius 1 is 1.11 bits per heavy atom. The van der Waals surface area contributed by atoms with E-state index in [1.807, 2.05) is 0 Å². The maximum absolute atomic E-state index is 13.5. The third-order valence-corrected chi connectivity index (χ3v) is 4.91. The molecule has 0 aliphatic heterocycles. The summed E-state index contributed by atoms with van der Waals surface area (Å²) in [6.45, 7) is 1.80. The van der Waals surface area contributed by atoms with Gasteiger partial charge < -0.3 is 0 Å². The lowest BCUT2D eigenvalue weighted by Gasteiger charge is -2.04. The standard InChI is InChI=1S/C19H13F2N5OS/c1-11-17(13-4-7-15(20)16(21)8-13)24-19(28-11)25-18(27)12-2-5-14(6-3-12)26-10-22-9-23-26/h2-10H,1H3,(H,24,25,27). The van der Waals surface area contributed by atoms with E-state index in [0.717, 1.165) is 22.7 Å². The van der Waals surface area contributed by atoms with E-state index in [4.69, 9.17) is 0 Å². The Morgan fingerprint density at radius 2 is 1.89 bits per heavy atom. The van der Waals surface area contributed by atoms with E-state index in [2.05, 4.69) is 20.4 Å². The first-order chi connectivity index (χ1) is 13.5. The van der Waals surface area contributed by atoms with Crippen LogP contribution < -0.4 is 5.32 Å². The SMILES string of the molecule is Cc1sc(NC(=O)c2ccc(-n3cncn3)cc2)nc1-c1ccc(F)c(F)c1. The minimum atomic E-state index is -0.942. The second-order valence-electron chi connectivity index (χ2n) is 5.89. The first kappa shape index (κ1) is 17.9. The summed E-state index contributed by atoms with van der Waals surface area (Å²) in [6, 6.07) is 10.4. The van der Waals surface area contributed by atoms with Crippen LogP contribution in [0.5, 0.6) is 0 Å². The van der Waals surface area contributed by atoms with Gasteiger partial charge in [-0.2, -0.15) is 5.10 Å². The molecule has 1 N–H and O–H groups in total. The number of thiazole rings is 1. The van der Waals surface area contributed by atoms with Crippen LogP contribution >= 0.6 is 11.3 Å². The number of nitrogens with zero attached hydrogens (tertiary/aromatic N) is 4. The summed E-state index contributed by atoms with van der Waals surface area (Å²) in [6.07, 6.45) is 2.99. The van der Waals surface area contributed by atoms with Crippen LogP contribution in [0.25, 0.3) is 16.9 Å². The molecule has 0 radical (unpaired) electrons. The van der Waals surface area contributed by atoms with Gasteiger partial charge in [0.1, 0.15) is 12.7 Å². The van der Waals surface area contributed by atoms with Crippen molar-refractivity contribution in [2.75, 3.05) is 5.32 Å². The Kier molecular flexibility index (Phi) is 4.66. The number of benzene rings is 2. The normalized spacial score (nSPS) is 10.8. The number of nitrogens with one attached hydrogen (secondary N) is 1. The third kappa shape index (κ3) is 3.52. The summed E-state index contributed by atoms with van der Waals surface area (Å²) < 4.78 is 28.2. The van der Waals surface area contributed by atoms with E-state index < -0.39 is 11.6 Å². The Morgan fingerprint density at radius 3 is 2.57 bits per heavy atom. The van der Waals surface area contributed by atoms with Crippen LogP contribution in [0.3, 0.4) is 0 Å². The molecular weight excluding hydrogens is 384 g/mol. The summed E-state index contributed by atoms with van der Waals surface area (Å²) >= 11 is 1.26. The van der Waals surface area contributed by atoms with Crippen LogP contribution in [0.1, 0.15) is 15.2 Å². The van der Waals surface area contributed by atoms with Crippen LogP contribution in [0.15, 0.2) is 55.1 Å². The van der Waals surface area contributed by atoms with Gasteiger partial charge in [0.15, 0.2) is 16.8 Å². The molecule has 0 saturated carbocycles. The van der Waals surface area contributed by atoms with Crippen molar-refractivity contribution in [2.45, 2.75) is 6.92 Å². The van der Waals surface area contributed by atoms with Crippen molar-refractivity contribution in [2.24, 2.45) is 0 Å². The molecule has 4 rings (SSSR count). The molecule has 2 heterocycles. The van der Waals surface area contributed by atoms with Gasteiger partial charge in [-0.25, -0.2) is 23.4 Å². The van der Waals surface area contributed by atoms with E-state index in [1.54, 1.807) is 42.2 Å². The van der Waals surface area contributed by atoms with Crippen molar-refractivity contribution >= 4 is 22.4 Å². The zero-order valence-electron chi connectivity index (χ0n) is 14.6. The molecule has 0 spiro atoms. The molecule has 140 valence electrons. The number of carbonyl (C=O) groups excluding carboxylic acids is 1. The van der Waals surface area contributed by atoms with Crippen molar-refractivity contribution in [1.82, 2.24) is 19.7 Å². The summed E-state index contributed by atoms with van der Waals surface area (Å²) in [5.41, 5.74) is 2.18. The monoisotopic (exact) mass is 397 g/mol. The highest BCUT2D eigenvalue weighted by atomic mass is 32.1. The number of aryl methyl sites for hydroxylation is 1. The maximum atomic E-state index is 13.5. The lowest BCUT2D eigenvalue weighted by molar-refractivity contribution is 0.102. The molecule has 0 aliphatic rings. The molecule has 6 nitrogen and oxygen atoms in total. The molecular formula is C19H13F2N5OS. The van der Waals surface area contributed by atoms with Gasteiger partial charge in [-0.3, -0.25) is 10.1 Å². The smallest absolute Gasteiger partial charge is 0.257 e. The zero-order chi connectivity index (χ0) is 19.7. The average molecular weight is 397 g/mol. The second-order valence-corrected chi connectivity index (χ2v) is 7.10. The number of amides is 1. The first-order valence-corrected chi connectivity index (χ1v) is 9.02. The Labute approximate surface area is 162 Å². The van der Waals surface area contributed by atoms with Crippen molar-refractivity contribution in [1.29, 1.82) is 0 Å². The van der Waals surface area contributed by atoms with Crippen LogP contribution in [0.4, 0.5) is 13.9 Å². The quantitative estimate of drug-likeness (QED) is 0.559. The fourth-order valence-electron chi connectivity index (χ4n) is 2.64. The van der Waals surface area contributed by atoms with Crippen molar-refractivity contribution in [3.05, 3.63) is 77.2 Å². The first-order valence-electron chi connectivity index (χ1n) is 8.20. The van der Waals surface area contributed by atoms with Crippen LogP contribution in [-0.4, -0.2) is 25.7 Å². The number of rotatable bonds is 4. The average Bonchev–Trinajstić information content (AvgIpc) is 3.34. The Bertz CT molecular complexity index is 1140. The van der Waals surface area contributed by atoms with Gasteiger partial charge in [-0.15, -0.1) is 11.3 Å². The van der Waals surface area contributed by atoms with Crippen LogP contribution in [0, 0.1) is 18.6 Å². The van der Waals surface area contributed by atoms with Gasteiger partial charge in [0.25, 0.3) is 5.91 Å². The number of hydrogen-bond donors (Lipinski definition) is 1. The Balaban J connectivity index is 1.53. The lowest BCUT2D eigenvalue weighted by atomic mass is 10.1. The van der Waals surface area contributed by atoms with E-state index >= 15 is 0 Å². The summed E-state index contributed by atoms with van der Waals surface area (Å²) in [7, 11) is 0. The minimum absolute atomic E-state index is 0.323. The predicted octanol–water partition coefficient (Wildman–Crippen LogP) is 4.23. The minimum Gasteiger partial charge on any atom is -0.298 e. The third-order valence-electron chi connectivity index (χ3n) is 4.02. The van der Waals surface area contributed by atoms with E-state index in [1.165, 1.54) is 23.7 Å². The highest BCUT2D eigenvalue weighted by Crippen LogP contribution is 2.31. The number of aromatic nitrogens is 4. The predicted molar refractivity (Wildman–Crippen MR) is 102 cm³/mol. The summed E-state index contributed by atoms with van der Waals surface area (Å²) in [5.74, 6) is -2.18. The lowest BCUT2D eigenvalue weighted by Crippen LogP contribution is -2.11. The molecule has 0 bridgehead atoms. The number of carbonyl (C=O) groups is 1. The fraction of sp³-hybridized carbons (Fsp3) is 0.0526. The van der Waals surface area contributed by atoms with Gasteiger partial charge in [-0.05, 0) is 49.4 Å². The highest BCUT2D eigenvalue weighted by Gasteiger charge is 2.15. The topological polar surface area (TPSA) is 72.7 Å². The van der Waals surface area contributed by atoms with E-state index in [0.29, 0.717) is 22.0 Å². The molecule has 9 heteroatoms. The molecule has 28 heavy (non-hydrogen) atoms. The summed E-state index contributed by atoms with van der Waals surface area (Å²) in [4.78, 5) is 21.5. The van der Waals surface area contributed by atoms with Gasteiger partial charge in [0, 0.05) is 16.0 Å². The largest absolute Gasteiger partial charge is 0.298 e. The van der Waals surface area contributed by atoms with Gasteiger partial charge >= 0.3 is 0 Å². The maximum Gasteiger partial charge on any atom is 0.257 e. The second kappa shape index (κ2) is 7.28. The number of anilines is 1. The van der Waals surface area contributed by atoms with Crippen molar-refractivity contribution < 1.29 is 13.6 Å². The molecule has 0 aliphatic carbocycles. The molecule has 1 amide bonds. The van der Waals surface area contributed by atoms with Gasteiger partial charge in [0.2, 0.25) is 0 Å². The van der Waals surface area contributed by atoms with Crippen molar-refractivity contribution in [3.8, 4) is 16.9 Å². The molecule has 2 aromatic carbocycles. The summed E-state index contributed by atoms with van der Waals surface area (Å²) in [5, 5.41) is 7.14. The van der Waals surface area contributed by atoms with Crippen LogP contribution in [-0.2, 0) is 0 Å². The molecule has 0 saturated heterocycles. The van der Waals surface area contributed by atoms with Gasteiger partial charge in [0.05, 0.1) is 11.4 Å². The highest BCUT2D eigenvalue weighted by molar-refractivity contribution is 7.16. The molecule has 4 aromatic rings. The Hall–Kier alpha value is -3.46. The van der Waals surface area contributed by atoms with E-state index in [-0.39, 0.29) is 5.91 Å². The van der Waals surface area contributed by atoms with E-state index in [9.17, 15) is 13.6 Å². The van der Waals surface area contributed by atoms with Crippen molar-refractivity contribution in [3.63, 3.8) is 0 Å². The zero-order valence-corrected chi connectivity index (χ0v) is 15.4. The van der Waals surface area contributed by atoms with Crippen LogP contribution in [0.2, 0.25) is 0 Å². The number of hydrogen-bond acceptors (Lipinski definition) is 5. The molecule has 0 unspecified atom stereocenters. The number of halogens is 2.